The van der Waals surface area contributed by atoms with Crippen molar-refractivity contribution >= 4 is 27.9 Å². The fourth-order valence-corrected chi connectivity index (χ4v) is 4.59. The summed E-state index contributed by atoms with van der Waals surface area (Å²) in [6.07, 6.45) is 2.37. The van der Waals surface area contributed by atoms with Gasteiger partial charge in [-0.2, -0.15) is 0 Å². The molecule has 0 bridgehead atoms. The first-order valence-electron chi connectivity index (χ1n) is 13.4. The molecule has 8 heteroatoms. The molecule has 8 nitrogen and oxygen atoms in total. The van der Waals surface area contributed by atoms with E-state index in [0.29, 0.717) is 13.0 Å². The molecule has 0 unspecified atom stereocenters. The molecule has 2 heterocycles. The minimum Gasteiger partial charge on any atom is -0.493 e. The van der Waals surface area contributed by atoms with Gasteiger partial charge in [-0.05, 0) is 77.9 Å². The average molecular weight is 525 g/mol. The number of imidazole rings is 2. The van der Waals surface area contributed by atoms with Crippen LogP contribution in [0.5, 0.6) is 5.75 Å². The van der Waals surface area contributed by atoms with Crippen molar-refractivity contribution in [3.8, 4) is 28.5 Å². The third-order valence-corrected chi connectivity index (χ3v) is 6.72. The van der Waals surface area contributed by atoms with Crippen molar-refractivity contribution in [2.24, 2.45) is 0 Å². The molecule has 0 spiro atoms. The molecule has 0 aliphatic rings. The van der Waals surface area contributed by atoms with Crippen LogP contribution < -0.4 is 4.74 Å². The summed E-state index contributed by atoms with van der Waals surface area (Å²) in [5, 5.41) is 0. The van der Waals surface area contributed by atoms with Gasteiger partial charge >= 0.3 is 0 Å². The van der Waals surface area contributed by atoms with Crippen LogP contribution in [0.2, 0.25) is 0 Å². The molecule has 2 aromatic heterocycles. The van der Waals surface area contributed by atoms with Gasteiger partial charge in [-0.1, -0.05) is 24.3 Å². The zero-order valence-corrected chi connectivity index (χ0v) is 23.1. The Labute approximate surface area is 229 Å². The first-order valence-corrected chi connectivity index (χ1v) is 13.4. The third-order valence-electron chi connectivity index (χ3n) is 6.72. The number of nitrogens with one attached hydrogen (secondary N) is 2. The van der Waals surface area contributed by atoms with Gasteiger partial charge in [-0.3, -0.25) is 4.79 Å². The number of aromatic amines is 2. The van der Waals surface area contributed by atoms with Crippen LogP contribution in [0, 0.1) is 0 Å². The normalized spacial score (nSPS) is 11.7. The van der Waals surface area contributed by atoms with Gasteiger partial charge in [0.2, 0.25) is 0 Å². The Hall–Kier alpha value is -4.01. The number of hydrogen-bond donors (Lipinski definition) is 2. The summed E-state index contributed by atoms with van der Waals surface area (Å²) in [4.78, 5) is 33.2. The molecule has 5 aromatic rings. The molecule has 0 saturated carbocycles. The lowest BCUT2D eigenvalue weighted by molar-refractivity contribution is 0.0977. The third kappa shape index (κ3) is 6.53. The van der Waals surface area contributed by atoms with E-state index in [1.807, 2.05) is 74.8 Å². The maximum absolute atomic E-state index is 12.6. The highest BCUT2D eigenvalue weighted by Crippen LogP contribution is 2.27. The minimum atomic E-state index is 0.160. The second-order valence-electron chi connectivity index (χ2n) is 10.5. The lowest BCUT2D eigenvalue weighted by Gasteiger charge is -2.10. The zero-order valence-electron chi connectivity index (χ0n) is 23.1. The van der Waals surface area contributed by atoms with Crippen LogP contribution in [-0.4, -0.2) is 83.4 Å². The Balaban J connectivity index is 1.28. The predicted molar refractivity (Wildman–Crippen MR) is 157 cm³/mol. The molecule has 3 aromatic carbocycles. The number of H-pyrrole nitrogens is 2. The van der Waals surface area contributed by atoms with E-state index in [9.17, 15) is 4.79 Å². The number of nitrogens with zero attached hydrogens (tertiary/aromatic N) is 4. The summed E-state index contributed by atoms with van der Waals surface area (Å²) in [5.41, 5.74) is 6.24. The van der Waals surface area contributed by atoms with E-state index in [4.69, 9.17) is 14.7 Å². The second kappa shape index (κ2) is 11.8. The van der Waals surface area contributed by atoms with Gasteiger partial charge in [0.25, 0.3) is 0 Å². The maximum Gasteiger partial charge on any atom is 0.163 e. The Morgan fingerprint density at radius 1 is 0.744 bits per heavy atom. The number of benzene rings is 3. The molecule has 0 amide bonds. The van der Waals surface area contributed by atoms with Gasteiger partial charge in [0.1, 0.15) is 17.4 Å². The standard InChI is InChI=1S/C31H36N6O2/c1-36(2)16-5-7-29(38)23-12-14-25-27(19-23)34-30(32-25)21-8-10-22(11-9-21)31-33-26-15-13-24(20-28(26)35-31)39-18-6-17-37(3)4/h8-15,19-20H,5-7,16-18H2,1-4H3,(H,32,34)(H,33,35). The summed E-state index contributed by atoms with van der Waals surface area (Å²) in [6, 6.07) is 19.8. The Morgan fingerprint density at radius 2 is 1.31 bits per heavy atom. The molecular weight excluding hydrogens is 488 g/mol. The highest BCUT2D eigenvalue weighted by atomic mass is 16.5. The van der Waals surface area contributed by atoms with Gasteiger partial charge in [-0.15, -0.1) is 0 Å². The SMILES string of the molecule is CN(C)CCCOc1ccc2nc(-c3ccc(-c4nc5ccc(C(=O)CCCN(C)C)cc5[nH]4)cc3)[nH]c2c1. The van der Waals surface area contributed by atoms with E-state index in [0.717, 1.165) is 82.1 Å². The first-order chi connectivity index (χ1) is 18.9. The molecule has 0 radical (unpaired) electrons. The van der Waals surface area contributed by atoms with Crippen molar-refractivity contribution in [1.82, 2.24) is 29.7 Å². The van der Waals surface area contributed by atoms with Crippen LogP contribution in [0.4, 0.5) is 0 Å². The van der Waals surface area contributed by atoms with Crippen molar-refractivity contribution in [2.75, 3.05) is 47.9 Å². The lowest BCUT2D eigenvalue weighted by atomic mass is 10.1. The summed E-state index contributed by atoms with van der Waals surface area (Å²) in [5.74, 6) is 2.58. The molecule has 2 N–H and O–H groups in total. The summed E-state index contributed by atoms with van der Waals surface area (Å²) in [7, 11) is 8.17. The summed E-state index contributed by atoms with van der Waals surface area (Å²) in [6.45, 7) is 2.58. The Kier molecular flexibility index (Phi) is 8.05. The number of ketones is 1. The molecule has 0 saturated heterocycles. The van der Waals surface area contributed by atoms with Gasteiger partial charge in [-0.25, -0.2) is 9.97 Å². The Bertz CT molecular complexity index is 1570. The zero-order chi connectivity index (χ0) is 27.4. The number of Topliss-reactive ketones (excluding diaryl/α,β-unsaturated/α-hetero) is 1. The number of carbonyl (C=O) groups is 1. The number of ether oxygens (including phenoxy) is 1. The first kappa shape index (κ1) is 26.6. The summed E-state index contributed by atoms with van der Waals surface area (Å²) >= 11 is 0. The molecule has 5 rings (SSSR count). The molecule has 202 valence electrons. The summed E-state index contributed by atoms with van der Waals surface area (Å²) < 4.78 is 5.91. The second-order valence-corrected chi connectivity index (χ2v) is 10.5. The van der Waals surface area contributed by atoms with E-state index in [1.165, 1.54) is 0 Å². The van der Waals surface area contributed by atoms with Crippen LogP contribution in [0.3, 0.4) is 0 Å². The van der Waals surface area contributed by atoms with Gasteiger partial charge in [0.15, 0.2) is 5.78 Å². The van der Waals surface area contributed by atoms with Gasteiger partial charge in [0.05, 0.1) is 28.7 Å². The number of fused-ring (bicyclic) bond motifs is 2. The fourth-order valence-electron chi connectivity index (χ4n) is 4.59. The minimum absolute atomic E-state index is 0.160. The predicted octanol–water partition coefficient (Wildman–Crippen LogP) is 5.63. The lowest BCUT2D eigenvalue weighted by Crippen LogP contribution is -2.15. The van der Waals surface area contributed by atoms with Crippen molar-refractivity contribution < 1.29 is 9.53 Å². The average Bonchev–Trinajstić information content (AvgIpc) is 3.54. The van der Waals surface area contributed by atoms with E-state index < -0.39 is 0 Å². The smallest absolute Gasteiger partial charge is 0.163 e. The fraction of sp³-hybridized carbons (Fsp3) is 0.323. The van der Waals surface area contributed by atoms with Crippen molar-refractivity contribution in [2.45, 2.75) is 19.3 Å². The Morgan fingerprint density at radius 3 is 1.92 bits per heavy atom. The topological polar surface area (TPSA) is 90.1 Å². The van der Waals surface area contributed by atoms with Crippen LogP contribution >= 0.6 is 0 Å². The van der Waals surface area contributed by atoms with Crippen LogP contribution in [0.1, 0.15) is 29.6 Å². The van der Waals surface area contributed by atoms with Crippen LogP contribution in [0.15, 0.2) is 60.7 Å². The van der Waals surface area contributed by atoms with Gasteiger partial charge < -0.3 is 24.5 Å². The van der Waals surface area contributed by atoms with E-state index in [2.05, 4.69) is 33.9 Å². The van der Waals surface area contributed by atoms with Crippen molar-refractivity contribution in [3.05, 3.63) is 66.2 Å². The van der Waals surface area contributed by atoms with Crippen LogP contribution in [-0.2, 0) is 0 Å². The monoisotopic (exact) mass is 524 g/mol. The number of hydrogen-bond acceptors (Lipinski definition) is 6. The number of carbonyl (C=O) groups excluding carboxylic acids is 1. The number of aromatic nitrogens is 4. The largest absolute Gasteiger partial charge is 0.493 e. The van der Waals surface area contributed by atoms with Crippen molar-refractivity contribution in [1.29, 1.82) is 0 Å². The molecule has 39 heavy (non-hydrogen) atoms. The van der Waals surface area contributed by atoms with E-state index in [-0.39, 0.29) is 5.78 Å². The molecule has 0 fully saturated rings. The van der Waals surface area contributed by atoms with Crippen LogP contribution in [0.25, 0.3) is 44.8 Å². The van der Waals surface area contributed by atoms with E-state index in [1.54, 1.807) is 0 Å². The van der Waals surface area contributed by atoms with E-state index >= 15 is 0 Å². The van der Waals surface area contributed by atoms with Crippen molar-refractivity contribution in [3.63, 3.8) is 0 Å². The highest BCUT2D eigenvalue weighted by Gasteiger charge is 2.12. The molecular formula is C31H36N6O2. The highest BCUT2D eigenvalue weighted by molar-refractivity contribution is 5.99. The van der Waals surface area contributed by atoms with Gasteiger partial charge in [0, 0.05) is 35.7 Å². The molecule has 0 aliphatic carbocycles. The maximum atomic E-state index is 12.6. The molecule has 0 aliphatic heterocycles. The quantitative estimate of drug-likeness (QED) is 0.162. The number of rotatable bonds is 12. The molecule has 0 atom stereocenters.